The Labute approximate surface area is 150 Å². The van der Waals surface area contributed by atoms with E-state index in [9.17, 15) is 9.59 Å². The normalized spacial score (nSPS) is 10.5. The molecule has 0 bridgehead atoms. The Morgan fingerprint density at radius 3 is 2.50 bits per heavy atom. The lowest BCUT2D eigenvalue weighted by Crippen LogP contribution is -2.21. The lowest BCUT2D eigenvalue weighted by atomic mass is 10.3. The van der Waals surface area contributed by atoms with Gasteiger partial charge in [0.2, 0.25) is 5.91 Å². The SMILES string of the molecule is CCn1cc(NC(=O)Cn2cc(C)cn2)c(C(=O)Nc2ccccc2)n1. The van der Waals surface area contributed by atoms with Crippen molar-refractivity contribution in [1.29, 1.82) is 0 Å². The smallest absolute Gasteiger partial charge is 0.278 e. The van der Waals surface area contributed by atoms with Crippen LogP contribution in [0.15, 0.2) is 48.9 Å². The molecule has 1 aromatic carbocycles. The molecule has 2 amide bonds. The molecule has 8 nitrogen and oxygen atoms in total. The van der Waals surface area contributed by atoms with Crippen molar-refractivity contribution in [3.8, 4) is 0 Å². The number of amides is 2. The molecule has 0 saturated carbocycles. The maximum Gasteiger partial charge on any atom is 0.278 e. The summed E-state index contributed by atoms with van der Waals surface area (Å²) in [6.07, 6.45) is 5.10. The van der Waals surface area contributed by atoms with Crippen LogP contribution in [0.2, 0.25) is 0 Å². The minimum Gasteiger partial charge on any atom is -0.321 e. The summed E-state index contributed by atoms with van der Waals surface area (Å²) in [6, 6.07) is 9.09. The van der Waals surface area contributed by atoms with Gasteiger partial charge in [0.15, 0.2) is 5.69 Å². The van der Waals surface area contributed by atoms with Gasteiger partial charge in [-0.05, 0) is 31.5 Å². The molecule has 0 spiro atoms. The Morgan fingerprint density at radius 1 is 1.08 bits per heavy atom. The van der Waals surface area contributed by atoms with Crippen LogP contribution in [0, 0.1) is 6.92 Å². The lowest BCUT2D eigenvalue weighted by molar-refractivity contribution is -0.116. The van der Waals surface area contributed by atoms with Crippen molar-refractivity contribution in [3.05, 3.63) is 60.2 Å². The summed E-state index contributed by atoms with van der Waals surface area (Å²) < 4.78 is 3.15. The highest BCUT2D eigenvalue weighted by molar-refractivity contribution is 6.08. The lowest BCUT2D eigenvalue weighted by Gasteiger charge is -2.06. The fourth-order valence-corrected chi connectivity index (χ4v) is 2.44. The first-order valence-corrected chi connectivity index (χ1v) is 8.28. The van der Waals surface area contributed by atoms with Gasteiger partial charge in [0, 0.05) is 24.6 Å². The van der Waals surface area contributed by atoms with Gasteiger partial charge in [-0.3, -0.25) is 19.0 Å². The van der Waals surface area contributed by atoms with Crippen LogP contribution in [0.5, 0.6) is 0 Å². The second-order valence-corrected chi connectivity index (χ2v) is 5.83. The molecule has 26 heavy (non-hydrogen) atoms. The Hall–Kier alpha value is -3.42. The van der Waals surface area contributed by atoms with Crippen molar-refractivity contribution in [3.63, 3.8) is 0 Å². The second-order valence-electron chi connectivity index (χ2n) is 5.83. The number of carbonyl (C=O) groups excluding carboxylic acids is 2. The van der Waals surface area contributed by atoms with E-state index in [4.69, 9.17) is 0 Å². The highest BCUT2D eigenvalue weighted by Gasteiger charge is 2.19. The summed E-state index contributed by atoms with van der Waals surface area (Å²) in [5, 5.41) is 13.9. The van der Waals surface area contributed by atoms with Crippen LogP contribution in [0.1, 0.15) is 23.0 Å². The average Bonchev–Trinajstić information content (AvgIpc) is 3.21. The first-order valence-electron chi connectivity index (χ1n) is 8.28. The van der Waals surface area contributed by atoms with E-state index in [1.165, 1.54) is 0 Å². The zero-order chi connectivity index (χ0) is 18.5. The minimum absolute atomic E-state index is 0.0604. The molecule has 0 radical (unpaired) electrons. The Kier molecular flexibility index (Phi) is 5.12. The van der Waals surface area contributed by atoms with E-state index in [0.29, 0.717) is 17.9 Å². The third kappa shape index (κ3) is 4.15. The van der Waals surface area contributed by atoms with E-state index in [-0.39, 0.29) is 24.1 Å². The highest BCUT2D eigenvalue weighted by atomic mass is 16.2. The molecule has 2 aromatic heterocycles. The van der Waals surface area contributed by atoms with Crippen LogP contribution in [-0.4, -0.2) is 31.4 Å². The van der Waals surface area contributed by atoms with Gasteiger partial charge in [0.25, 0.3) is 5.91 Å². The van der Waals surface area contributed by atoms with Crippen molar-refractivity contribution in [2.75, 3.05) is 10.6 Å². The molecule has 0 unspecified atom stereocenters. The predicted molar refractivity (Wildman–Crippen MR) is 97.9 cm³/mol. The molecule has 0 atom stereocenters. The molecule has 0 aliphatic heterocycles. The number of aryl methyl sites for hydroxylation is 2. The summed E-state index contributed by atoms with van der Waals surface area (Å²) in [5.74, 6) is -0.661. The summed E-state index contributed by atoms with van der Waals surface area (Å²) in [4.78, 5) is 24.8. The van der Waals surface area contributed by atoms with Crippen molar-refractivity contribution in [2.45, 2.75) is 26.9 Å². The van der Waals surface area contributed by atoms with Crippen LogP contribution >= 0.6 is 0 Å². The summed E-state index contributed by atoms with van der Waals surface area (Å²) in [5.41, 5.74) is 2.17. The first-order chi connectivity index (χ1) is 12.5. The highest BCUT2D eigenvalue weighted by Crippen LogP contribution is 2.16. The Morgan fingerprint density at radius 2 is 1.85 bits per heavy atom. The van der Waals surface area contributed by atoms with E-state index < -0.39 is 0 Å². The van der Waals surface area contributed by atoms with E-state index in [0.717, 1.165) is 5.56 Å². The number of aromatic nitrogens is 4. The quantitative estimate of drug-likeness (QED) is 0.712. The standard InChI is InChI=1S/C18H20N6O2/c1-3-23-11-15(21-16(25)12-24-10-13(2)9-19-24)17(22-23)18(26)20-14-7-5-4-6-8-14/h4-11H,3,12H2,1-2H3,(H,20,26)(H,21,25). The fourth-order valence-electron chi connectivity index (χ4n) is 2.44. The molecular weight excluding hydrogens is 332 g/mol. The average molecular weight is 352 g/mol. The number of nitrogens with one attached hydrogen (secondary N) is 2. The number of anilines is 2. The Balaban J connectivity index is 1.75. The summed E-state index contributed by atoms with van der Waals surface area (Å²) >= 11 is 0. The molecule has 8 heteroatoms. The fraction of sp³-hybridized carbons (Fsp3) is 0.222. The van der Waals surface area contributed by atoms with Gasteiger partial charge in [-0.15, -0.1) is 0 Å². The van der Waals surface area contributed by atoms with Crippen LogP contribution in [-0.2, 0) is 17.9 Å². The molecule has 2 N–H and O–H groups in total. The van der Waals surface area contributed by atoms with Crippen LogP contribution in [0.4, 0.5) is 11.4 Å². The number of para-hydroxylation sites is 1. The molecule has 0 fully saturated rings. The largest absolute Gasteiger partial charge is 0.321 e. The van der Waals surface area contributed by atoms with Gasteiger partial charge in [-0.1, -0.05) is 18.2 Å². The number of benzene rings is 1. The molecule has 134 valence electrons. The number of nitrogens with zero attached hydrogens (tertiary/aromatic N) is 4. The maximum atomic E-state index is 12.6. The first kappa shape index (κ1) is 17.4. The van der Waals surface area contributed by atoms with Gasteiger partial charge in [0.1, 0.15) is 6.54 Å². The van der Waals surface area contributed by atoms with E-state index in [2.05, 4.69) is 20.8 Å². The summed E-state index contributed by atoms with van der Waals surface area (Å²) in [7, 11) is 0. The Bertz CT molecular complexity index is 913. The number of rotatable bonds is 6. The minimum atomic E-state index is -0.381. The van der Waals surface area contributed by atoms with Gasteiger partial charge in [0.05, 0.1) is 11.9 Å². The van der Waals surface area contributed by atoms with Crippen molar-refractivity contribution in [2.24, 2.45) is 0 Å². The number of hydrogen-bond donors (Lipinski definition) is 2. The van der Waals surface area contributed by atoms with Gasteiger partial charge in [-0.25, -0.2) is 0 Å². The molecule has 3 rings (SSSR count). The monoisotopic (exact) mass is 352 g/mol. The van der Waals surface area contributed by atoms with E-state index in [1.807, 2.05) is 32.0 Å². The van der Waals surface area contributed by atoms with Crippen molar-refractivity contribution >= 4 is 23.2 Å². The zero-order valence-corrected chi connectivity index (χ0v) is 14.6. The van der Waals surface area contributed by atoms with E-state index >= 15 is 0 Å². The molecule has 0 aliphatic carbocycles. The van der Waals surface area contributed by atoms with Crippen molar-refractivity contribution in [1.82, 2.24) is 19.6 Å². The second kappa shape index (κ2) is 7.64. The predicted octanol–water partition coefficient (Wildman–Crippen LogP) is 2.30. The van der Waals surface area contributed by atoms with Gasteiger partial charge >= 0.3 is 0 Å². The number of carbonyl (C=O) groups is 2. The van der Waals surface area contributed by atoms with Gasteiger partial charge in [-0.2, -0.15) is 10.2 Å². The molecule has 2 heterocycles. The van der Waals surface area contributed by atoms with Gasteiger partial charge < -0.3 is 10.6 Å². The third-order valence-electron chi connectivity index (χ3n) is 3.67. The van der Waals surface area contributed by atoms with Crippen LogP contribution < -0.4 is 10.6 Å². The maximum absolute atomic E-state index is 12.6. The molecule has 0 aliphatic rings. The third-order valence-corrected chi connectivity index (χ3v) is 3.67. The molecular formula is C18H20N6O2. The topological polar surface area (TPSA) is 93.8 Å². The number of hydrogen-bond acceptors (Lipinski definition) is 4. The molecule has 3 aromatic rings. The summed E-state index contributed by atoms with van der Waals surface area (Å²) in [6.45, 7) is 4.45. The van der Waals surface area contributed by atoms with Crippen molar-refractivity contribution < 1.29 is 9.59 Å². The van der Waals surface area contributed by atoms with Crippen LogP contribution in [0.25, 0.3) is 0 Å². The van der Waals surface area contributed by atoms with E-state index in [1.54, 1.807) is 40.1 Å². The zero-order valence-electron chi connectivity index (χ0n) is 14.6. The van der Waals surface area contributed by atoms with Crippen LogP contribution in [0.3, 0.4) is 0 Å². The molecule has 0 saturated heterocycles.